The molecule has 0 aliphatic carbocycles. The lowest BCUT2D eigenvalue weighted by atomic mass is 10.1. The first-order valence-corrected chi connectivity index (χ1v) is 10.8. The largest absolute Gasteiger partial charge is 0.497 e. The third kappa shape index (κ3) is 5.21. The summed E-state index contributed by atoms with van der Waals surface area (Å²) in [6.07, 6.45) is 0. The number of methoxy groups -OCH3 is 1. The minimum Gasteiger partial charge on any atom is -0.497 e. The van der Waals surface area contributed by atoms with Crippen LogP contribution in [0.15, 0.2) is 47.6 Å². The molecule has 1 aromatic heterocycles. The van der Waals surface area contributed by atoms with E-state index in [1.165, 1.54) is 17.3 Å². The third-order valence-electron chi connectivity index (χ3n) is 4.68. The number of carbonyl (C=O) groups excluding carboxylic acids is 1. The number of hydrogen-bond donors (Lipinski definition) is 0. The number of thioether (sulfide) groups is 1. The van der Waals surface area contributed by atoms with Crippen LogP contribution in [0.4, 0.5) is 0 Å². The first-order chi connectivity index (χ1) is 14.4. The molecule has 0 bridgehead atoms. The van der Waals surface area contributed by atoms with Gasteiger partial charge in [0.1, 0.15) is 18.1 Å². The minimum absolute atomic E-state index is 0.0361. The Balaban J connectivity index is 1.68. The van der Waals surface area contributed by atoms with Crippen molar-refractivity contribution < 1.29 is 14.3 Å². The predicted molar refractivity (Wildman–Crippen MR) is 119 cm³/mol. The second-order valence-corrected chi connectivity index (χ2v) is 8.30. The Labute approximate surface area is 181 Å². The Morgan fingerprint density at radius 3 is 2.47 bits per heavy atom. The van der Waals surface area contributed by atoms with Crippen LogP contribution in [0.2, 0.25) is 0 Å². The lowest BCUT2D eigenvalue weighted by molar-refractivity contribution is 0.102. The van der Waals surface area contributed by atoms with Gasteiger partial charge in [0.05, 0.1) is 12.9 Å². The molecule has 0 amide bonds. The number of ketones is 1. The maximum Gasteiger partial charge on any atom is 0.192 e. The molecule has 7 heteroatoms. The van der Waals surface area contributed by atoms with E-state index < -0.39 is 0 Å². The Kier molecular flexibility index (Phi) is 7.15. The van der Waals surface area contributed by atoms with Crippen LogP contribution in [0.5, 0.6) is 11.5 Å². The standard InChI is InChI=1S/C23H27N3O3S/c1-15(2)26-22(13-29-21-11-6-16(3)12-17(21)4)24-25-23(26)30-14-20(27)18-7-9-19(28-5)10-8-18/h6-12,15H,13-14H2,1-5H3. The number of nitrogens with zero attached hydrogens (tertiary/aromatic N) is 3. The van der Waals surface area contributed by atoms with Crippen LogP contribution in [0, 0.1) is 13.8 Å². The zero-order valence-corrected chi connectivity index (χ0v) is 18.8. The Morgan fingerprint density at radius 2 is 1.83 bits per heavy atom. The summed E-state index contributed by atoms with van der Waals surface area (Å²) in [4.78, 5) is 12.5. The number of aromatic nitrogens is 3. The van der Waals surface area contributed by atoms with Crippen molar-refractivity contribution in [2.75, 3.05) is 12.9 Å². The van der Waals surface area contributed by atoms with Crippen molar-refractivity contribution in [2.45, 2.75) is 45.5 Å². The van der Waals surface area contributed by atoms with E-state index in [0.29, 0.717) is 17.3 Å². The van der Waals surface area contributed by atoms with Crippen molar-refractivity contribution in [1.29, 1.82) is 0 Å². The van der Waals surface area contributed by atoms with Crippen LogP contribution < -0.4 is 9.47 Å². The molecule has 158 valence electrons. The topological polar surface area (TPSA) is 66.2 Å². The average Bonchev–Trinajstić information content (AvgIpc) is 3.14. The Hall–Kier alpha value is -2.80. The van der Waals surface area contributed by atoms with E-state index in [2.05, 4.69) is 37.0 Å². The normalized spacial score (nSPS) is 11.0. The molecule has 0 saturated carbocycles. The molecule has 2 aromatic carbocycles. The number of hydrogen-bond acceptors (Lipinski definition) is 6. The van der Waals surface area contributed by atoms with Crippen LogP contribution in [0.3, 0.4) is 0 Å². The van der Waals surface area contributed by atoms with Gasteiger partial charge in [0, 0.05) is 11.6 Å². The highest BCUT2D eigenvalue weighted by molar-refractivity contribution is 7.99. The van der Waals surface area contributed by atoms with Gasteiger partial charge in [-0.2, -0.15) is 0 Å². The average molecular weight is 426 g/mol. The van der Waals surface area contributed by atoms with Crippen LogP contribution in [0.25, 0.3) is 0 Å². The molecule has 0 N–H and O–H groups in total. The number of carbonyl (C=O) groups is 1. The van der Waals surface area contributed by atoms with Gasteiger partial charge in [-0.3, -0.25) is 4.79 Å². The second-order valence-electron chi connectivity index (χ2n) is 7.36. The van der Waals surface area contributed by atoms with E-state index in [1.54, 1.807) is 31.4 Å². The fourth-order valence-corrected chi connectivity index (χ4v) is 4.10. The predicted octanol–water partition coefficient (Wildman–Crippen LogP) is 5.04. The van der Waals surface area contributed by atoms with E-state index in [9.17, 15) is 4.79 Å². The van der Waals surface area contributed by atoms with Gasteiger partial charge in [-0.1, -0.05) is 29.5 Å². The maximum atomic E-state index is 12.5. The van der Waals surface area contributed by atoms with Gasteiger partial charge in [-0.05, 0) is 63.6 Å². The number of Topliss-reactive ketones (excluding diaryl/α,β-unsaturated/α-hetero) is 1. The second kappa shape index (κ2) is 9.80. The Bertz CT molecular complexity index is 1010. The van der Waals surface area contributed by atoms with Crippen molar-refractivity contribution >= 4 is 17.5 Å². The lowest BCUT2D eigenvalue weighted by Gasteiger charge is -2.15. The first kappa shape index (κ1) is 21.9. The molecule has 0 unspecified atom stereocenters. The number of aryl methyl sites for hydroxylation is 2. The van der Waals surface area contributed by atoms with Crippen molar-refractivity contribution in [3.8, 4) is 11.5 Å². The molecule has 0 fully saturated rings. The molecule has 30 heavy (non-hydrogen) atoms. The third-order valence-corrected chi connectivity index (χ3v) is 5.63. The zero-order chi connectivity index (χ0) is 21.7. The van der Waals surface area contributed by atoms with Gasteiger partial charge in [-0.15, -0.1) is 10.2 Å². The SMILES string of the molecule is COc1ccc(C(=O)CSc2nnc(COc3ccc(C)cc3C)n2C(C)C)cc1. The van der Waals surface area contributed by atoms with Crippen LogP contribution in [0.1, 0.15) is 47.2 Å². The van der Waals surface area contributed by atoms with Crippen molar-refractivity contribution in [2.24, 2.45) is 0 Å². The highest BCUT2D eigenvalue weighted by Gasteiger charge is 2.18. The van der Waals surface area contributed by atoms with Gasteiger partial charge in [-0.25, -0.2) is 0 Å². The molecule has 0 saturated heterocycles. The Morgan fingerprint density at radius 1 is 1.10 bits per heavy atom. The molecule has 3 rings (SSSR count). The monoisotopic (exact) mass is 425 g/mol. The smallest absolute Gasteiger partial charge is 0.192 e. The summed E-state index contributed by atoms with van der Waals surface area (Å²) in [6.45, 7) is 8.55. The molecule has 0 spiro atoms. The number of benzene rings is 2. The summed E-state index contributed by atoms with van der Waals surface area (Å²) in [5, 5.41) is 9.33. The first-order valence-electron chi connectivity index (χ1n) is 9.83. The highest BCUT2D eigenvalue weighted by atomic mass is 32.2. The minimum atomic E-state index is 0.0361. The van der Waals surface area contributed by atoms with E-state index >= 15 is 0 Å². The molecule has 3 aromatic rings. The van der Waals surface area contributed by atoms with Gasteiger partial charge in [0.2, 0.25) is 0 Å². The fraction of sp³-hybridized carbons (Fsp3) is 0.348. The number of rotatable bonds is 9. The van der Waals surface area contributed by atoms with Gasteiger partial charge in [0.25, 0.3) is 0 Å². The van der Waals surface area contributed by atoms with Crippen LogP contribution in [-0.2, 0) is 6.61 Å². The van der Waals surface area contributed by atoms with Gasteiger partial charge >= 0.3 is 0 Å². The quantitative estimate of drug-likeness (QED) is 0.353. The summed E-state index contributed by atoms with van der Waals surface area (Å²) in [6, 6.07) is 13.4. The molecule has 1 heterocycles. The van der Waals surface area contributed by atoms with Gasteiger partial charge in [0.15, 0.2) is 16.8 Å². The summed E-state index contributed by atoms with van der Waals surface area (Å²) in [5.41, 5.74) is 2.94. The van der Waals surface area contributed by atoms with E-state index in [-0.39, 0.29) is 17.6 Å². The van der Waals surface area contributed by atoms with Gasteiger partial charge < -0.3 is 14.0 Å². The van der Waals surface area contributed by atoms with E-state index in [1.807, 2.05) is 23.6 Å². The van der Waals surface area contributed by atoms with E-state index in [4.69, 9.17) is 9.47 Å². The summed E-state index contributed by atoms with van der Waals surface area (Å²) >= 11 is 1.39. The van der Waals surface area contributed by atoms with E-state index in [0.717, 1.165) is 22.9 Å². The molecular formula is C23H27N3O3S. The fourth-order valence-electron chi connectivity index (χ4n) is 3.12. The molecule has 0 aliphatic rings. The molecule has 0 aliphatic heterocycles. The molecule has 6 nitrogen and oxygen atoms in total. The van der Waals surface area contributed by atoms with Crippen LogP contribution >= 0.6 is 11.8 Å². The molecule has 0 radical (unpaired) electrons. The summed E-state index contributed by atoms with van der Waals surface area (Å²) in [5.74, 6) is 2.63. The lowest BCUT2D eigenvalue weighted by Crippen LogP contribution is -2.11. The van der Waals surface area contributed by atoms with Crippen LogP contribution in [-0.4, -0.2) is 33.4 Å². The van der Waals surface area contributed by atoms with Crippen molar-refractivity contribution in [1.82, 2.24) is 14.8 Å². The van der Waals surface area contributed by atoms with Crippen molar-refractivity contribution in [3.63, 3.8) is 0 Å². The number of ether oxygens (including phenoxy) is 2. The highest BCUT2D eigenvalue weighted by Crippen LogP contribution is 2.25. The maximum absolute atomic E-state index is 12.5. The van der Waals surface area contributed by atoms with Crippen molar-refractivity contribution in [3.05, 3.63) is 65.0 Å². The molecule has 0 atom stereocenters. The molecular weight excluding hydrogens is 398 g/mol. The summed E-state index contributed by atoms with van der Waals surface area (Å²) < 4.78 is 13.2. The summed E-state index contributed by atoms with van der Waals surface area (Å²) in [7, 11) is 1.60. The zero-order valence-electron chi connectivity index (χ0n) is 18.0.